The van der Waals surface area contributed by atoms with Crippen molar-refractivity contribution >= 4 is 17.1 Å². The SMILES string of the molecule is COc1cc(OC)c2c(c1)N(c1c(NCCN3CCC(COc4ccccc4)CC3)c(=O)c1=O)CC2. The Hall–Kier alpha value is -3.52. The maximum atomic E-state index is 12.6. The standard InChI is InChI=1S/C28H33N3O5/c1-34-21-16-23-22(24(17-21)35-2)10-14-31(23)26-25(27(32)28(26)33)29-11-15-30-12-8-19(9-13-30)18-36-20-6-4-3-5-7-20/h3-7,16-17,19,29H,8-15,18H2,1-2H3. The summed E-state index contributed by atoms with van der Waals surface area (Å²) in [4.78, 5) is 29.3. The summed E-state index contributed by atoms with van der Waals surface area (Å²) >= 11 is 0. The largest absolute Gasteiger partial charge is 0.497 e. The van der Waals surface area contributed by atoms with Crippen LogP contribution < -0.4 is 35.3 Å². The number of methoxy groups -OCH3 is 2. The van der Waals surface area contributed by atoms with Gasteiger partial charge in [0.15, 0.2) is 0 Å². The Balaban J connectivity index is 1.15. The monoisotopic (exact) mass is 491 g/mol. The lowest BCUT2D eigenvalue weighted by molar-refractivity contribution is 0.144. The van der Waals surface area contributed by atoms with Crippen molar-refractivity contribution < 1.29 is 14.2 Å². The molecule has 0 bridgehead atoms. The molecule has 0 spiro atoms. The van der Waals surface area contributed by atoms with E-state index in [1.807, 2.05) is 47.4 Å². The molecule has 0 atom stereocenters. The van der Waals surface area contributed by atoms with Gasteiger partial charge in [-0.3, -0.25) is 9.59 Å². The highest BCUT2D eigenvalue weighted by Crippen LogP contribution is 2.43. The van der Waals surface area contributed by atoms with Crippen LogP contribution in [0.1, 0.15) is 18.4 Å². The predicted molar refractivity (Wildman–Crippen MR) is 141 cm³/mol. The summed E-state index contributed by atoms with van der Waals surface area (Å²) in [5.74, 6) is 2.87. The van der Waals surface area contributed by atoms with E-state index in [0.29, 0.717) is 36.1 Å². The van der Waals surface area contributed by atoms with E-state index >= 15 is 0 Å². The molecule has 0 aromatic heterocycles. The van der Waals surface area contributed by atoms with Gasteiger partial charge in [0, 0.05) is 37.3 Å². The smallest absolute Gasteiger partial charge is 0.253 e. The van der Waals surface area contributed by atoms with Gasteiger partial charge >= 0.3 is 0 Å². The Kier molecular flexibility index (Phi) is 7.13. The molecule has 2 aliphatic heterocycles. The van der Waals surface area contributed by atoms with Gasteiger partial charge < -0.3 is 29.3 Å². The normalized spacial score (nSPS) is 16.2. The van der Waals surface area contributed by atoms with Crippen molar-refractivity contribution in [2.45, 2.75) is 19.3 Å². The predicted octanol–water partition coefficient (Wildman–Crippen LogP) is 3.20. The van der Waals surface area contributed by atoms with Gasteiger partial charge in [-0.15, -0.1) is 0 Å². The van der Waals surface area contributed by atoms with E-state index < -0.39 is 10.9 Å². The van der Waals surface area contributed by atoms with Crippen molar-refractivity contribution in [2.75, 3.05) is 63.8 Å². The second-order valence-electron chi connectivity index (χ2n) is 9.45. The van der Waals surface area contributed by atoms with Crippen LogP contribution in [-0.2, 0) is 6.42 Å². The van der Waals surface area contributed by atoms with Crippen LogP contribution in [0.15, 0.2) is 52.1 Å². The van der Waals surface area contributed by atoms with Gasteiger partial charge in [0.25, 0.3) is 10.9 Å². The number of nitrogens with one attached hydrogen (secondary N) is 1. The second-order valence-corrected chi connectivity index (χ2v) is 9.45. The average molecular weight is 492 g/mol. The van der Waals surface area contributed by atoms with Crippen LogP contribution in [-0.4, -0.2) is 58.5 Å². The van der Waals surface area contributed by atoms with Crippen LogP contribution in [0.4, 0.5) is 17.1 Å². The third-order valence-electron chi connectivity index (χ3n) is 7.31. The Morgan fingerprint density at radius 3 is 2.44 bits per heavy atom. The van der Waals surface area contributed by atoms with E-state index in [1.54, 1.807) is 14.2 Å². The van der Waals surface area contributed by atoms with Gasteiger partial charge in [-0.2, -0.15) is 0 Å². The minimum Gasteiger partial charge on any atom is -0.497 e. The Bertz CT molecular complexity index is 1260. The number of hydrogen-bond donors (Lipinski definition) is 1. The van der Waals surface area contributed by atoms with Crippen LogP contribution in [0.5, 0.6) is 17.2 Å². The molecular weight excluding hydrogens is 458 g/mol. The first-order chi connectivity index (χ1) is 17.6. The summed E-state index contributed by atoms with van der Waals surface area (Å²) in [6, 6.07) is 13.7. The number of para-hydroxylation sites is 1. The first-order valence-electron chi connectivity index (χ1n) is 12.6. The zero-order chi connectivity index (χ0) is 25.1. The Morgan fingerprint density at radius 1 is 0.944 bits per heavy atom. The van der Waals surface area contributed by atoms with E-state index in [-0.39, 0.29) is 0 Å². The molecule has 1 saturated heterocycles. The number of piperidine rings is 1. The van der Waals surface area contributed by atoms with E-state index in [1.165, 1.54) is 0 Å². The summed E-state index contributed by atoms with van der Waals surface area (Å²) in [6.45, 7) is 4.81. The van der Waals surface area contributed by atoms with E-state index in [9.17, 15) is 9.59 Å². The van der Waals surface area contributed by atoms with Gasteiger partial charge in [0.1, 0.15) is 28.6 Å². The van der Waals surface area contributed by atoms with Crippen molar-refractivity contribution in [3.8, 4) is 17.2 Å². The number of nitrogens with zero attached hydrogens (tertiary/aromatic N) is 2. The van der Waals surface area contributed by atoms with Crippen molar-refractivity contribution in [2.24, 2.45) is 5.92 Å². The summed E-state index contributed by atoms with van der Waals surface area (Å²) in [5, 5.41) is 3.26. The zero-order valence-corrected chi connectivity index (χ0v) is 20.9. The van der Waals surface area contributed by atoms with Crippen LogP contribution in [0.2, 0.25) is 0 Å². The van der Waals surface area contributed by atoms with E-state index in [0.717, 1.165) is 68.3 Å². The lowest BCUT2D eigenvalue weighted by Gasteiger charge is -2.32. The number of ether oxygens (including phenoxy) is 3. The molecule has 0 radical (unpaired) electrons. The topological polar surface area (TPSA) is 80.3 Å². The molecule has 5 rings (SSSR count). The van der Waals surface area contributed by atoms with Crippen LogP contribution in [0.3, 0.4) is 0 Å². The van der Waals surface area contributed by atoms with Crippen molar-refractivity contribution in [1.82, 2.24) is 4.90 Å². The Morgan fingerprint density at radius 2 is 1.72 bits per heavy atom. The molecule has 2 heterocycles. The molecule has 2 aliphatic rings. The first kappa shape index (κ1) is 24.2. The third-order valence-corrected chi connectivity index (χ3v) is 7.31. The Labute approximate surface area is 211 Å². The highest BCUT2D eigenvalue weighted by atomic mass is 16.5. The minimum atomic E-state index is -0.440. The average Bonchev–Trinajstić information content (AvgIpc) is 3.34. The number of benzene rings is 2. The summed E-state index contributed by atoms with van der Waals surface area (Å²) in [7, 11) is 3.23. The van der Waals surface area contributed by atoms with Crippen LogP contribution in [0, 0.1) is 5.92 Å². The second kappa shape index (κ2) is 10.6. The number of anilines is 3. The molecule has 1 N–H and O–H groups in total. The highest BCUT2D eigenvalue weighted by molar-refractivity contribution is 5.84. The fourth-order valence-electron chi connectivity index (χ4n) is 5.22. The van der Waals surface area contributed by atoms with Crippen LogP contribution >= 0.6 is 0 Å². The molecule has 0 aliphatic carbocycles. The lowest BCUT2D eigenvalue weighted by atomic mass is 9.98. The number of fused-ring (bicyclic) bond motifs is 1. The molecule has 0 unspecified atom stereocenters. The number of likely N-dealkylation sites (tertiary alicyclic amines) is 1. The maximum Gasteiger partial charge on any atom is 0.253 e. The molecule has 3 aromatic carbocycles. The summed E-state index contributed by atoms with van der Waals surface area (Å²) in [5.41, 5.74) is 1.88. The van der Waals surface area contributed by atoms with Gasteiger partial charge in [-0.25, -0.2) is 0 Å². The van der Waals surface area contributed by atoms with Crippen molar-refractivity contribution in [3.05, 3.63) is 68.5 Å². The van der Waals surface area contributed by atoms with Gasteiger partial charge in [-0.1, -0.05) is 18.2 Å². The minimum absolute atomic E-state index is 0.417. The molecule has 0 amide bonds. The van der Waals surface area contributed by atoms with Crippen LogP contribution in [0.25, 0.3) is 0 Å². The van der Waals surface area contributed by atoms with E-state index in [2.05, 4.69) is 10.2 Å². The summed E-state index contributed by atoms with van der Waals surface area (Å²) in [6.07, 6.45) is 2.92. The first-order valence-corrected chi connectivity index (χ1v) is 12.6. The lowest BCUT2D eigenvalue weighted by Crippen LogP contribution is -2.42. The molecule has 8 heteroatoms. The molecule has 3 aromatic rings. The van der Waals surface area contributed by atoms with Gasteiger partial charge in [0.2, 0.25) is 0 Å². The van der Waals surface area contributed by atoms with Crippen molar-refractivity contribution in [1.29, 1.82) is 0 Å². The molecule has 1 fully saturated rings. The fourth-order valence-corrected chi connectivity index (χ4v) is 5.22. The molecule has 190 valence electrons. The zero-order valence-electron chi connectivity index (χ0n) is 20.9. The number of rotatable bonds is 10. The van der Waals surface area contributed by atoms with Gasteiger partial charge in [0.05, 0.1) is 26.5 Å². The third kappa shape index (κ3) is 4.78. The highest BCUT2D eigenvalue weighted by Gasteiger charge is 2.33. The van der Waals surface area contributed by atoms with E-state index in [4.69, 9.17) is 14.2 Å². The number of hydrogen-bond acceptors (Lipinski definition) is 8. The molecule has 36 heavy (non-hydrogen) atoms. The molecule has 0 saturated carbocycles. The van der Waals surface area contributed by atoms with Crippen molar-refractivity contribution in [3.63, 3.8) is 0 Å². The summed E-state index contributed by atoms with van der Waals surface area (Å²) < 4.78 is 16.9. The fraction of sp³-hybridized carbons (Fsp3) is 0.429. The van der Waals surface area contributed by atoms with Gasteiger partial charge in [-0.05, 0) is 50.4 Å². The molecular formula is C28H33N3O5. The maximum absolute atomic E-state index is 12.6. The quantitative estimate of drug-likeness (QED) is 0.433. The molecule has 8 nitrogen and oxygen atoms in total.